The summed E-state index contributed by atoms with van der Waals surface area (Å²) in [5.41, 5.74) is -0.573. The SMILES string of the molecule is CC(c1cccs1)N(C)C(=O)c1cn(Cc2ccccc2C(F)(F)F)nn1. The third-order valence-electron chi connectivity index (χ3n) is 4.27. The van der Waals surface area contributed by atoms with Gasteiger partial charge in [-0.05, 0) is 30.0 Å². The molecule has 0 saturated heterocycles. The highest BCUT2D eigenvalue weighted by Crippen LogP contribution is 2.32. The van der Waals surface area contributed by atoms with E-state index < -0.39 is 11.7 Å². The number of carbonyl (C=O) groups excluding carboxylic acids is 1. The maximum absolute atomic E-state index is 13.1. The molecule has 0 fully saturated rings. The fourth-order valence-electron chi connectivity index (χ4n) is 2.66. The van der Waals surface area contributed by atoms with Crippen molar-refractivity contribution < 1.29 is 18.0 Å². The molecule has 1 aromatic carbocycles. The smallest absolute Gasteiger partial charge is 0.333 e. The van der Waals surface area contributed by atoms with Crippen LogP contribution in [0.3, 0.4) is 0 Å². The number of nitrogens with zero attached hydrogens (tertiary/aromatic N) is 4. The minimum Gasteiger partial charge on any atom is -0.333 e. The van der Waals surface area contributed by atoms with Crippen LogP contribution in [0.15, 0.2) is 48.0 Å². The van der Waals surface area contributed by atoms with E-state index in [-0.39, 0.29) is 29.8 Å². The van der Waals surface area contributed by atoms with E-state index in [4.69, 9.17) is 0 Å². The summed E-state index contributed by atoms with van der Waals surface area (Å²) in [6, 6.07) is 8.97. The summed E-state index contributed by atoms with van der Waals surface area (Å²) in [6.07, 6.45) is -3.08. The van der Waals surface area contributed by atoms with Gasteiger partial charge in [-0.1, -0.05) is 29.5 Å². The van der Waals surface area contributed by atoms with E-state index in [1.807, 2.05) is 24.4 Å². The topological polar surface area (TPSA) is 51.0 Å². The molecule has 0 N–H and O–H groups in total. The lowest BCUT2D eigenvalue weighted by Crippen LogP contribution is -2.29. The molecule has 142 valence electrons. The Balaban J connectivity index is 1.77. The van der Waals surface area contributed by atoms with Crippen LogP contribution in [0.1, 0.15) is 39.5 Å². The number of benzene rings is 1. The van der Waals surface area contributed by atoms with E-state index in [1.165, 1.54) is 34.0 Å². The molecule has 1 atom stereocenters. The summed E-state index contributed by atoms with van der Waals surface area (Å²) in [6.45, 7) is 1.77. The first-order chi connectivity index (χ1) is 12.8. The van der Waals surface area contributed by atoms with Gasteiger partial charge < -0.3 is 4.90 Å². The second-order valence-corrected chi connectivity index (χ2v) is 7.04. The van der Waals surface area contributed by atoms with Crippen LogP contribution in [0.5, 0.6) is 0 Å². The van der Waals surface area contributed by atoms with E-state index in [0.717, 1.165) is 10.9 Å². The molecule has 3 rings (SSSR count). The van der Waals surface area contributed by atoms with Crippen molar-refractivity contribution in [3.8, 4) is 0 Å². The molecule has 0 bridgehead atoms. The number of thiophene rings is 1. The summed E-state index contributed by atoms with van der Waals surface area (Å²) in [7, 11) is 1.66. The van der Waals surface area contributed by atoms with Crippen LogP contribution >= 0.6 is 11.3 Å². The van der Waals surface area contributed by atoms with Crippen LogP contribution in [0.2, 0.25) is 0 Å². The van der Waals surface area contributed by atoms with Crippen LogP contribution in [-0.2, 0) is 12.7 Å². The van der Waals surface area contributed by atoms with Crippen LogP contribution < -0.4 is 0 Å². The first kappa shape index (κ1) is 19.1. The largest absolute Gasteiger partial charge is 0.416 e. The number of amides is 1. The minimum atomic E-state index is -4.45. The Bertz CT molecular complexity index is 921. The molecule has 27 heavy (non-hydrogen) atoms. The summed E-state index contributed by atoms with van der Waals surface area (Å²) < 4.78 is 40.6. The maximum Gasteiger partial charge on any atom is 0.416 e. The van der Waals surface area contributed by atoms with Gasteiger partial charge in [0.2, 0.25) is 0 Å². The number of alkyl halides is 3. The summed E-state index contributed by atoms with van der Waals surface area (Å²) in [5, 5.41) is 9.58. The Morgan fingerprint density at radius 1 is 1.26 bits per heavy atom. The van der Waals surface area contributed by atoms with Gasteiger partial charge in [-0.2, -0.15) is 13.2 Å². The van der Waals surface area contributed by atoms with Crippen molar-refractivity contribution in [2.24, 2.45) is 0 Å². The van der Waals surface area contributed by atoms with Crippen LogP contribution in [0, 0.1) is 0 Å². The Kier molecular flexibility index (Phi) is 5.31. The van der Waals surface area contributed by atoms with Crippen molar-refractivity contribution in [1.82, 2.24) is 19.9 Å². The van der Waals surface area contributed by atoms with E-state index in [9.17, 15) is 18.0 Å². The van der Waals surface area contributed by atoms with Gasteiger partial charge in [0.15, 0.2) is 5.69 Å². The second-order valence-electron chi connectivity index (χ2n) is 6.06. The van der Waals surface area contributed by atoms with Crippen molar-refractivity contribution in [1.29, 1.82) is 0 Å². The number of hydrogen-bond acceptors (Lipinski definition) is 4. The first-order valence-electron chi connectivity index (χ1n) is 8.13. The highest BCUT2D eigenvalue weighted by Gasteiger charge is 2.33. The van der Waals surface area contributed by atoms with Gasteiger partial charge in [-0.3, -0.25) is 4.79 Å². The molecule has 5 nitrogen and oxygen atoms in total. The van der Waals surface area contributed by atoms with E-state index in [0.29, 0.717) is 0 Å². The van der Waals surface area contributed by atoms with Crippen LogP contribution in [0.4, 0.5) is 13.2 Å². The van der Waals surface area contributed by atoms with Crippen LogP contribution in [-0.4, -0.2) is 32.8 Å². The molecule has 9 heteroatoms. The maximum atomic E-state index is 13.1. The van der Waals surface area contributed by atoms with Gasteiger partial charge in [-0.15, -0.1) is 16.4 Å². The van der Waals surface area contributed by atoms with Gasteiger partial charge in [0.05, 0.1) is 24.3 Å². The average molecular weight is 394 g/mol. The molecule has 1 amide bonds. The molecular formula is C18H17F3N4OS. The summed E-state index contributed by atoms with van der Waals surface area (Å²) in [5.74, 6) is -0.341. The quantitative estimate of drug-likeness (QED) is 0.650. The Morgan fingerprint density at radius 3 is 2.67 bits per heavy atom. The zero-order valence-electron chi connectivity index (χ0n) is 14.6. The highest BCUT2D eigenvalue weighted by atomic mass is 32.1. The number of aromatic nitrogens is 3. The lowest BCUT2D eigenvalue weighted by Gasteiger charge is -2.22. The summed E-state index contributed by atoms with van der Waals surface area (Å²) >= 11 is 1.54. The van der Waals surface area contributed by atoms with Crippen molar-refractivity contribution in [2.45, 2.75) is 25.7 Å². The molecule has 0 radical (unpaired) electrons. The lowest BCUT2D eigenvalue weighted by atomic mass is 10.1. The standard InChI is InChI=1S/C18H17F3N4OS/c1-12(16-8-5-9-27-16)24(2)17(26)15-11-25(23-22-15)10-13-6-3-4-7-14(13)18(19,20)21/h3-9,11-12H,10H2,1-2H3. The van der Waals surface area contributed by atoms with E-state index in [2.05, 4.69) is 10.3 Å². The van der Waals surface area contributed by atoms with E-state index in [1.54, 1.807) is 18.4 Å². The minimum absolute atomic E-state index is 0.0641. The molecule has 2 heterocycles. The van der Waals surface area contributed by atoms with Crippen molar-refractivity contribution >= 4 is 17.2 Å². The molecule has 0 aliphatic rings. The van der Waals surface area contributed by atoms with Gasteiger partial charge in [0, 0.05) is 11.9 Å². The zero-order valence-corrected chi connectivity index (χ0v) is 15.5. The molecule has 2 aromatic heterocycles. The van der Waals surface area contributed by atoms with Crippen molar-refractivity contribution in [2.75, 3.05) is 7.05 Å². The highest BCUT2D eigenvalue weighted by molar-refractivity contribution is 7.10. The van der Waals surface area contributed by atoms with Crippen LogP contribution in [0.25, 0.3) is 0 Å². The molecule has 0 saturated carbocycles. The average Bonchev–Trinajstić information content (AvgIpc) is 3.31. The van der Waals surface area contributed by atoms with Crippen molar-refractivity contribution in [3.05, 3.63) is 69.7 Å². The molecular weight excluding hydrogens is 377 g/mol. The van der Waals surface area contributed by atoms with Gasteiger partial charge >= 0.3 is 6.18 Å². The second kappa shape index (κ2) is 7.51. The fraction of sp³-hybridized carbons (Fsp3) is 0.278. The Hall–Kier alpha value is -2.68. The number of carbonyl (C=O) groups is 1. The van der Waals surface area contributed by atoms with E-state index >= 15 is 0 Å². The number of halogens is 3. The van der Waals surface area contributed by atoms with Gasteiger partial charge in [0.1, 0.15) is 0 Å². The van der Waals surface area contributed by atoms with Crippen molar-refractivity contribution in [3.63, 3.8) is 0 Å². The number of hydrogen-bond donors (Lipinski definition) is 0. The Labute approximate surface area is 158 Å². The molecule has 3 aromatic rings. The third-order valence-corrected chi connectivity index (χ3v) is 5.31. The monoisotopic (exact) mass is 394 g/mol. The zero-order chi connectivity index (χ0) is 19.6. The third kappa shape index (κ3) is 4.19. The normalized spacial score (nSPS) is 12.8. The predicted molar refractivity (Wildman–Crippen MR) is 95.4 cm³/mol. The Morgan fingerprint density at radius 2 is 2.00 bits per heavy atom. The summed E-state index contributed by atoms with van der Waals surface area (Å²) in [4.78, 5) is 15.2. The lowest BCUT2D eigenvalue weighted by molar-refractivity contribution is -0.138. The van der Waals surface area contributed by atoms with Gasteiger partial charge in [0.25, 0.3) is 5.91 Å². The molecule has 1 unspecified atom stereocenters. The number of rotatable bonds is 5. The molecule has 0 aliphatic carbocycles. The predicted octanol–water partition coefficient (Wildman–Crippen LogP) is 4.24. The molecule has 0 aliphatic heterocycles. The fourth-order valence-corrected chi connectivity index (χ4v) is 3.49. The van der Waals surface area contributed by atoms with Gasteiger partial charge in [-0.25, -0.2) is 4.68 Å². The first-order valence-corrected chi connectivity index (χ1v) is 9.01. The molecule has 0 spiro atoms.